The summed E-state index contributed by atoms with van der Waals surface area (Å²) in [5, 5.41) is 26.1. The molecule has 2 aromatic rings. The highest BCUT2D eigenvalue weighted by Gasteiger charge is 2.16. The third-order valence-electron chi connectivity index (χ3n) is 4.69. The molecular formula is C24H27N5O4. The van der Waals surface area contributed by atoms with Gasteiger partial charge in [-0.2, -0.15) is 10.5 Å². The monoisotopic (exact) mass is 449 g/mol. The van der Waals surface area contributed by atoms with Crippen molar-refractivity contribution in [2.75, 3.05) is 17.2 Å². The first-order valence-electron chi connectivity index (χ1n) is 10.6. The topological polar surface area (TPSA) is 136 Å². The average molecular weight is 450 g/mol. The number of ether oxygens (including phenoxy) is 2. The fourth-order valence-corrected chi connectivity index (χ4v) is 2.96. The van der Waals surface area contributed by atoms with Gasteiger partial charge in [0, 0.05) is 17.4 Å². The zero-order chi connectivity index (χ0) is 24.2. The van der Waals surface area contributed by atoms with Gasteiger partial charge in [-0.05, 0) is 50.1 Å². The second-order valence-electron chi connectivity index (χ2n) is 7.12. The van der Waals surface area contributed by atoms with Crippen LogP contribution in [0.1, 0.15) is 50.8 Å². The number of nitrogens with one attached hydrogen (secondary N) is 3. The van der Waals surface area contributed by atoms with Gasteiger partial charge in [0.1, 0.15) is 17.9 Å². The first-order chi connectivity index (χ1) is 15.9. The van der Waals surface area contributed by atoms with Gasteiger partial charge in [0.2, 0.25) is 0 Å². The van der Waals surface area contributed by atoms with E-state index in [0.717, 1.165) is 5.56 Å². The largest absolute Gasteiger partial charge is 0.492 e. The number of carbonyl (C=O) groups excluding carboxylic acids is 2. The van der Waals surface area contributed by atoms with E-state index in [4.69, 9.17) is 20.0 Å². The van der Waals surface area contributed by atoms with Crippen molar-refractivity contribution in [1.29, 1.82) is 10.5 Å². The van der Waals surface area contributed by atoms with Gasteiger partial charge in [-0.1, -0.05) is 19.1 Å². The molecule has 172 valence electrons. The molecule has 3 N–H and O–H groups in total. The summed E-state index contributed by atoms with van der Waals surface area (Å²) >= 11 is 0. The maximum Gasteiger partial charge on any atom is 0.407 e. The van der Waals surface area contributed by atoms with Crippen molar-refractivity contribution >= 4 is 23.5 Å². The van der Waals surface area contributed by atoms with E-state index in [1.807, 2.05) is 32.1 Å². The molecule has 0 saturated heterocycles. The van der Waals surface area contributed by atoms with Crippen LogP contribution in [0.2, 0.25) is 0 Å². The Balaban J connectivity index is 1.99. The van der Waals surface area contributed by atoms with E-state index in [9.17, 15) is 9.59 Å². The molecule has 9 heteroatoms. The normalized spacial score (nSPS) is 11.8. The standard InChI is InChI=1S/C24H27N5O4/c1-4-21(11-12-25)33-24(31)27-16(3)17-7-6-8-19(13-17)28-23(30)29-20-10-9-18(15-26)22(14-20)32-5-2/h6-10,13-14,16,21H,4-5,11H2,1-3H3,(H,27,31)(H2,28,29,30)/t16-,21?/m0/s1. The lowest BCUT2D eigenvalue weighted by Crippen LogP contribution is -2.31. The van der Waals surface area contributed by atoms with Crippen LogP contribution in [-0.2, 0) is 4.74 Å². The Kier molecular flexibility index (Phi) is 9.54. The summed E-state index contributed by atoms with van der Waals surface area (Å²) in [6.45, 7) is 5.84. The van der Waals surface area contributed by atoms with E-state index in [0.29, 0.717) is 35.7 Å². The van der Waals surface area contributed by atoms with Crippen LogP contribution in [0.3, 0.4) is 0 Å². The van der Waals surface area contributed by atoms with Crippen molar-refractivity contribution < 1.29 is 19.1 Å². The summed E-state index contributed by atoms with van der Waals surface area (Å²) < 4.78 is 10.7. The van der Waals surface area contributed by atoms with Gasteiger partial charge in [-0.3, -0.25) is 0 Å². The second-order valence-corrected chi connectivity index (χ2v) is 7.12. The maximum atomic E-state index is 12.4. The fourth-order valence-electron chi connectivity index (χ4n) is 2.96. The zero-order valence-electron chi connectivity index (χ0n) is 18.8. The molecule has 0 aliphatic heterocycles. The predicted molar refractivity (Wildman–Crippen MR) is 124 cm³/mol. The molecule has 33 heavy (non-hydrogen) atoms. The predicted octanol–water partition coefficient (Wildman–Crippen LogP) is 5.08. The number of rotatable bonds is 9. The molecule has 0 aromatic heterocycles. The Labute approximate surface area is 193 Å². The zero-order valence-corrected chi connectivity index (χ0v) is 18.8. The first kappa shape index (κ1) is 25.0. The van der Waals surface area contributed by atoms with Gasteiger partial charge in [-0.15, -0.1) is 0 Å². The molecule has 0 bridgehead atoms. The van der Waals surface area contributed by atoms with E-state index in [2.05, 4.69) is 16.0 Å². The SMILES string of the molecule is CCOc1cc(NC(=O)Nc2cccc([C@H](C)NC(=O)OC(CC)CC#N)c2)ccc1C#N. The molecule has 0 fully saturated rings. The summed E-state index contributed by atoms with van der Waals surface area (Å²) in [5.41, 5.74) is 2.15. The summed E-state index contributed by atoms with van der Waals surface area (Å²) in [7, 11) is 0. The molecule has 0 aliphatic carbocycles. The van der Waals surface area contributed by atoms with Crippen LogP contribution >= 0.6 is 0 Å². The van der Waals surface area contributed by atoms with Crippen LogP contribution < -0.4 is 20.7 Å². The van der Waals surface area contributed by atoms with E-state index < -0.39 is 18.2 Å². The molecular weight excluding hydrogens is 422 g/mol. The minimum atomic E-state index is -0.605. The van der Waals surface area contributed by atoms with Gasteiger partial charge in [0.25, 0.3) is 0 Å². The van der Waals surface area contributed by atoms with Crippen LogP contribution in [0.4, 0.5) is 21.0 Å². The lowest BCUT2D eigenvalue weighted by atomic mass is 10.1. The molecule has 0 saturated carbocycles. The Hall–Kier alpha value is -4.24. The number of nitrogens with zero attached hydrogens (tertiary/aromatic N) is 2. The van der Waals surface area contributed by atoms with Crippen LogP contribution in [0, 0.1) is 22.7 Å². The third-order valence-corrected chi connectivity index (χ3v) is 4.69. The van der Waals surface area contributed by atoms with E-state index >= 15 is 0 Å². The number of alkyl carbamates (subject to hydrolysis) is 1. The number of benzene rings is 2. The van der Waals surface area contributed by atoms with E-state index in [1.54, 1.807) is 43.3 Å². The lowest BCUT2D eigenvalue weighted by Gasteiger charge is -2.18. The molecule has 2 rings (SSSR count). The molecule has 9 nitrogen and oxygen atoms in total. The van der Waals surface area contributed by atoms with Crippen molar-refractivity contribution in [3.8, 4) is 17.9 Å². The maximum absolute atomic E-state index is 12.4. The van der Waals surface area contributed by atoms with Gasteiger partial charge in [0.15, 0.2) is 0 Å². The molecule has 0 radical (unpaired) electrons. The van der Waals surface area contributed by atoms with Crippen molar-refractivity contribution in [3.05, 3.63) is 53.6 Å². The fraction of sp³-hybridized carbons (Fsp3) is 0.333. The van der Waals surface area contributed by atoms with E-state index in [1.165, 1.54) is 0 Å². The Morgan fingerprint density at radius 2 is 1.79 bits per heavy atom. The molecule has 0 aliphatic rings. The van der Waals surface area contributed by atoms with Gasteiger partial charge < -0.3 is 25.4 Å². The minimum Gasteiger partial charge on any atom is -0.492 e. The number of carbonyl (C=O) groups is 2. The van der Waals surface area contributed by atoms with Crippen LogP contribution in [-0.4, -0.2) is 24.8 Å². The van der Waals surface area contributed by atoms with Gasteiger partial charge in [0.05, 0.1) is 30.7 Å². The van der Waals surface area contributed by atoms with Crippen molar-refractivity contribution in [2.45, 2.75) is 45.8 Å². The number of urea groups is 1. The summed E-state index contributed by atoms with van der Waals surface area (Å²) in [4.78, 5) is 24.5. The van der Waals surface area contributed by atoms with Crippen molar-refractivity contribution in [2.24, 2.45) is 0 Å². The number of anilines is 2. The Morgan fingerprint density at radius 3 is 2.42 bits per heavy atom. The van der Waals surface area contributed by atoms with Crippen LogP contribution in [0.25, 0.3) is 0 Å². The smallest absolute Gasteiger partial charge is 0.407 e. The van der Waals surface area contributed by atoms with Crippen molar-refractivity contribution in [1.82, 2.24) is 5.32 Å². The minimum absolute atomic E-state index is 0.137. The van der Waals surface area contributed by atoms with E-state index in [-0.39, 0.29) is 12.5 Å². The van der Waals surface area contributed by atoms with Crippen LogP contribution in [0.5, 0.6) is 5.75 Å². The van der Waals surface area contributed by atoms with Gasteiger partial charge in [-0.25, -0.2) is 9.59 Å². The summed E-state index contributed by atoms with van der Waals surface area (Å²) in [6.07, 6.45) is -0.371. The molecule has 1 unspecified atom stereocenters. The number of hydrogen-bond acceptors (Lipinski definition) is 6. The lowest BCUT2D eigenvalue weighted by molar-refractivity contribution is 0.0950. The first-order valence-corrected chi connectivity index (χ1v) is 10.6. The quantitative estimate of drug-likeness (QED) is 0.488. The molecule has 2 aromatic carbocycles. The molecule has 0 spiro atoms. The second kappa shape index (κ2) is 12.6. The molecule has 2 atom stereocenters. The van der Waals surface area contributed by atoms with Crippen LogP contribution in [0.15, 0.2) is 42.5 Å². The highest BCUT2D eigenvalue weighted by molar-refractivity contribution is 6.00. The number of nitriles is 2. The summed E-state index contributed by atoms with van der Waals surface area (Å²) in [6, 6.07) is 15.0. The van der Waals surface area contributed by atoms with Crippen molar-refractivity contribution in [3.63, 3.8) is 0 Å². The average Bonchev–Trinajstić information content (AvgIpc) is 2.79. The third kappa shape index (κ3) is 7.75. The molecule has 0 heterocycles. The summed E-state index contributed by atoms with van der Waals surface area (Å²) in [5.74, 6) is 0.395. The Morgan fingerprint density at radius 1 is 1.06 bits per heavy atom. The highest BCUT2D eigenvalue weighted by atomic mass is 16.6. The molecule has 3 amide bonds. The van der Waals surface area contributed by atoms with Gasteiger partial charge >= 0.3 is 12.1 Å². The Bertz CT molecular complexity index is 1060. The highest BCUT2D eigenvalue weighted by Crippen LogP contribution is 2.23. The number of amides is 3. The number of hydrogen-bond donors (Lipinski definition) is 3.